The number of aromatic hydroxyl groups is 2. The van der Waals surface area contributed by atoms with Crippen molar-refractivity contribution >= 4 is 97.6 Å². The number of hydrogen-bond donors (Lipinski definition) is 5. The molecule has 33 heteroatoms. The Morgan fingerprint density at radius 3 is 1.65 bits per heavy atom. The van der Waals surface area contributed by atoms with Crippen LogP contribution in [0.5, 0.6) is 11.5 Å². The molecule has 0 saturated carbocycles. The Morgan fingerprint density at radius 2 is 1.11 bits per heavy atom. The summed E-state index contributed by atoms with van der Waals surface area (Å²) in [7, 11) is -20.7. The van der Waals surface area contributed by atoms with E-state index in [9.17, 15) is 82.7 Å². The van der Waals surface area contributed by atoms with Gasteiger partial charge in [-0.05, 0) is 103 Å². The summed E-state index contributed by atoms with van der Waals surface area (Å²) >= 11 is 0. The fourth-order valence-corrected chi connectivity index (χ4v) is 13.5. The molecule has 0 amide bonds. The van der Waals surface area contributed by atoms with Gasteiger partial charge in [-0.25, -0.2) is 38.7 Å². The molecule has 5 N–H and O–H groups in total. The molecule has 0 bridgehead atoms. The topological polar surface area (TPSA) is 405 Å². The number of anilines is 4. The maximum atomic E-state index is 14.1. The fourth-order valence-electron chi connectivity index (χ4n) is 9.64. The molecule has 434 valence electrons. The van der Waals surface area contributed by atoms with E-state index >= 15 is 0 Å². The van der Waals surface area contributed by atoms with Crippen LogP contribution in [0.4, 0.5) is 28.4 Å². The predicted octanol–water partition coefficient (Wildman–Crippen LogP) is -13.4. The molecule has 6 aromatic carbocycles. The number of nitrogens with zero attached hydrogens (tertiary/aromatic N) is 1. The summed E-state index contributed by atoms with van der Waals surface area (Å²) in [5.74, 6) is -8.32. The Morgan fingerprint density at radius 1 is 0.573 bits per heavy atom. The van der Waals surface area contributed by atoms with Crippen molar-refractivity contribution in [2.24, 2.45) is 4.99 Å². The fraction of sp³-hybridized carbons (Fsp3) is 0.179. The van der Waals surface area contributed by atoms with Gasteiger partial charge in [0, 0.05) is 50.6 Å². The van der Waals surface area contributed by atoms with Gasteiger partial charge in [-0.2, -0.15) is 18.2 Å². The summed E-state index contributed by atoms with van der Waals surface area (Å²) in [5.41, 5.74) is -1.02. The van der Waals surface area contributed by atoms with Crippen LogP contribution in [0.3, 0.4) is 0 Å². The van der Waals surface area contributed by atoms with Gasteiger partial charge in [0.2, 0.25) is 10.0 Å². The van der Waals surface area contributed by atoms with Crippen molar-refractivity contribution in [3.05, 3.63) is 152 Å². The zero-order valence-electron chi connectivity index (χ0n) is 50.3. The number of nitrogens with one attached hydrogen (secondary N) is 3. The van der Waals surface area contributed by atoms with Crippen molar-refractivity contribution in [2.75, 3.05) is 14.8 Å². The first-order valence-corrected chi connectivity index (χ1v) is 30.5. The molecule has 0 spiro atoms. The predicted molar refractivity (Wildman–Crippen MR) is 291 cm³/mol. The number of carbonyl (C=O) groups excluding carboxylic acids is 3. The average Bonchev–Trinajstić information content (AvgIpc) is 0.800. The molecular formula is C56H45N4Na6O19S4-. The van der Waals surface area contributed by atoms with Gasteiger partial charge in [-0.15, -0.1) is 23.8 Å². The second-order valence-electron chi connectivity index (χ2n) is 18.7. The third kappa shape index (κ3) is 17.4. The number of carboxylic acid groups (broad SMARTS) is 3. The average molecular weight is 1340 g/mol. The minimum absolute atomic E-state index is 0. The monoisotopic (exact) mass is 1340 g/mol. The molecule has 2 aliphatic rings. The summed E-state index contributed by atoms with van der Waals surface area (Å²) in [6, 6.07) is 20.5. The first-order valence-electron chi connectivity index (χ1n) is 24.8. The van der Waals surface area contributed by atoms with Gasteiger partial charge in [0.25, 0.3) is 10.0 Å². The number of fused-ring (bicyclic) bond motifs is 2. The van der Waals surface area contributed by atoms with Gasteiger partial charge in [0.15, 0.2) is 0 Å². The van der Waals surface area contributed by atoms with E-state index in [-0.39, 0.29) is 264 Å². The summed E-state index contributed by atoms with van der Waals surface area (Å²) in [6.45, 7) is 9.89. The molecule has 0 fully saturated rings. The maximum Gasteiger partial charge on any atom is 1.00 e. The molecule has 0 unspecified atom stereocenters. The van der Waals surface area contributed by atoms with E-state index in [1.54, 1.807) is 33.8 Å². The van der Waals surface area contributed by atoms with Crippen LogP contribution in [-0.4, -0.2) is 70.9 Å². The quantitative estimate of drug-likeness (QED) is 0.0217. The summed E-state index contributed by atoms with van der Waals surface area (Å²) in [4.78, 5) is 36.2. The third-order valence-electron chi connectivity index (χ3n) is 13.5. The van der Waals surface area contributed by atoms with Crippen molar-refractivity contribution < 1.29 is 264 Å². The first-order chi connectivity index (χ1) is 38.8. The number of phenols is 2. The number of rotatable bonds is 19. The van der Waals surface area contributed by atoms with Gasteiger partial charge < -0.3 is 58.8 Å². The van der Waals surface area contributed by atoms with Crippen LogP contribution in [0.2, 0.25) is 0 Å². The maximum absolute atomic E-state index is 14.1. The third-order valence-corrected chi connectivity index (χ3v) is 18.0. The smallest absolute Gasteiger partial charge is 0.744 e. The molecule has 1 aliphatic carbocycles. The molecule has 1 heterocycles. The van der Waals surface area contributed by atoms with Crippen molar-refractivity contribution in [1.29, 1.82) is 0 Å². The van der Waals surface area contributed by atoms with Crippen LogP contribution >= 0.6 is 0 Å². The van der Waals surface area contributed by atoms with E-state index < -0.39 is 111 Å². The van der Waals surface area contributed by atoms with Crippen molar-refractivity contribution in [2.45, 2.75) is 86.8 Å². The van der Waals surface area contributed by atoms with Gasteiger partial charge in [0.05, 0.1) is 44.1 Å². The zero-order chi connectivity index (χ0) is 61.0. The summed E-state index contributed by atoms with van der Waals surface area (Å²) < 4.78 is 146. The van der Waals surface area contributed by atoms with Crippen molar-refractivity contribution in [3.8, 4) is 33.9 Å². The first kappa shape index (κ1) is 82.2. The SMILES string of the molecule is CCc1cc(C)c(NS(=O)(=O)c2cc(C(=O)[O-])cc(C(=O)[O-])c2O)c(CC)c1N=c1cc2oc3cc(Nc4c(CC)cc(C)c(NS(=O)(=O)c5cc(C(=O)[O-])c[c-]c5O)c4CC)[c-]cc3c(-c3ccccc3S(=O)(=O)[O-])c-2cc1S(=O)(=O)[O-].[Na+].[Na+].[Na+].[Na+].[Na+].[Na+]. The van der Waals surface area contributed by atoms with E-state index in [0.29, 0.717) is 46.5 Å². The molecule has 8 rings (SSSR count). The summed E-state index contributed by atoms with van der Waals surface area (Å²) in [6.07, 6.45) is 0.599. The van der Waals surface area contributed by atoms with Crippen molar-refractivity contribution in [1.82, 2.24) is 0 Å². The number of benzene rings is 7. The normalized spacial score (nSPS) is 11.6. The number of aromatic carboxylic acids is 3. The van der Waals surface area contributed by atoms with Crippen LogP contribution in [0.15, 0.2) is 114 Å². The Balaban J connectivity index is 0.00000450. The number of phenolic OH excluding ortho intramolecular Hbond substituents is 1. The van der Waals surface area contributed by atoms with Crippen LogP contribution in [0.1, 0.15) is 92.1 Å². The zero-order valence-corrected chi connectivity index (χ0v) is 65.6. The molecule has 0 saturated heterocycles. The molecular weight excluding hydrogens is 1300 g/mol. The van der Waals surface area contributed by atoms with E-state index in [0.717, 1.165) is 30.3 Å². The Kier molecular flexibility index (Phi) is 30.0. The summed E-state index contributed by atoms with van der Waals surface area (Å²) in [5, 5.41) is 59.3. The number of aryl methyl sites for hydroxylation is 4. The molecule has 23 nitrogen and oxygen atoms in total. The largest absolute Gasteiger partial charge is 1.00 e. The molecule has 0 atom stereocenters. The van der Waals surface area contributed by atoms with Crippen LogP contribution < -0.4 is 213 Å². The molecule has 1 aliphatic heterocycles. The molecule has 89 heavy (non-hydrogen) atoms. The van der Waals surface area contributed by atoms with Crippen molar-refractivity contribution in [3.63, 3.8) is 0 Å². The second-order valence-corrected chi connectivity index (χ2v) is 24.7. The number of carbonyl (C=O) groups is 3. The van der Waals surface area contributed by atoms with Crippen LogP contribution in [0, 0.1) is 26.0 Å². The van der Waals surface area contributed by atoms with Gasteiger partial charge >= 0.3 is 177 Å². The number of carboxylic acids is 3. The van der Waals surface area contributed by atoms with Crippen LogP contribution in [-0.2, 0) is 66.0 Å². The van der Waals surface area contributed by atoms with E-state index in [2.05, 4.69) is 31.9 Å². The Bertz CT molecular complexity index is 4630. The van der Waals surface area contributed by atoms with Gasteiger partial charge in [-0.1, -0.05) is 74.7 Å². The molecule has 6 aromatic rings. The Hall–Kier alpha value is -2.86. The van der Waals surface area contributed by atoms with Gasteiger partial charge in [-0.3, -0.25) is 9.44 Å². The number of hydrogen-bond acceptors (Lipinski definition) is 21. The minimum atomic E-state index is -5.59. The Labute approximate surface area is 645 Å². The molecule has 0 aromatic heterocycles. The van der Waals surface area contributed by atoms with E-state index in [1.165, 1.54) is 43.3 Å². The molecule has 0 radical (unpaired) electrons. The van der Waals surface area contributed by atoms with E-state index in [4.69, 9.17) is 4.42 Å². The second kappa shape index (κ2) is 32.5. The minimum Gasteiger partial charge on any atom is -0.744 e. The standard InChI is InChI=1S/C56H50N4O19S4.6Na/c1-7-29-19-27(5)49(59-80(69,70)46-22-31(54(63)64)15-18-41(46)61)34(9-3)51(29)57-33-16-17-36-42(24-33)79-43-26-40(45(83(76,77)78)25-38(43)48(36)37-13-11-12-14-44(37)82(73,74)75)58-52-30(8-2)20-28(6)50(35(52)10-4)60-81(71,72)47-23-32(55(65)66)21-39(53(47)62)56(67)68;;;;;;/h11-15,17,19-26,57,59-62H,7-10H2,1-6H3,(H,63,64)(H,65,66)(H,67,68)(H,73,74,75)(H,76,77,78);;;;;;/q-2;6*+1/p-5. The van der Waals surface area contributed by atoms with Crippen LogP contribution in [0.25, 0.3) is 33.4 Å². The number of sulfonamides is 2. The van der Waals surface area contributed by atoms with Gasteiger partial charge in [0.1, 0.15) is 36.6 Å². The van der Waals surface area contributed by atoms with E-state index in [1.807, 2.05) is 6.92 Å².